The number of amides is 2. The molecule has 0 aliphatic heterocycles. The smallest absolute Gasteiger partial charge is 0.237 e. The van der Waals surface area contributed by atoms with Crippen LogP contribution in [0.3, 0.4) is 0 Å². The highest BCUT2D eigenvalue weighted by atomic mass is 32.2. The van der Waals surface area contributed by atoms with Crippen LogP contribution in [0.1, 0.15) is 40.0 Å². The normalized spacial score (nSPS) is 11.5. The topological polar surface area (TPSA) is 67.4 Å². The number of rotatable bonds is 10. The van der Waals surface area contributed by atoms with Gasteiger partial charge in [-0.1, -0.05) is 32.0 Å². The Morgan fingerprint density at radius 1 is 1.04 bits per heavy atom. The van der Waals surface area contributed by atoms with E-state index in [1.165, 1.54) is 11.8 Å². The molecule has 6 heteroatoms. The second-order valence-corrected chi connectivity index (χ2v) is 7.54. The lowest BCUT2D eigenvalue weighted by molar-refractivity contribution is -0.116. The summed E-state index contributed by atoms with van der Waals surface area (Å²) in [6.45, 7) is 6.41. The van der Waals surface area contributed by atoms with Crippen molar-refractivity contribution < 1.29 is 14.3 Å². The van der Waals surface area contributed by atoms with Gasteiger partial charge in [-0.2, -0.15) is 0 Å². The van der Waals surface area contributed by atoms with Crippen LogP contribution in [0.2, 0.25) is 0 Å². The molecule has 1 atom stereocenters. The fourth-order valence-corrected chi connectivity index (χ4v) is 3.66. The first-order valence-corrected chi connectivity index (χ1v) is 10.5. The lowest BCUT2D eigenvalue weighted by atomic mass is 10.2. The van der Waals surface area contributed by atoms with E-state index in [1.54, 1.807) is 0 Å². The summed E-state index contributed by atoms with van der Waals surface area (Å²) < 4.78 is 5.58. The summed E-state index contributed by atoms with van der Waals surface area (Å²) >= 11 is 1.49. The SMILES string of the molecule is CCCC(=O)Nc1cccc(SC(CC)C(=O)Nc2ccccc2OCC)c1. The number of ether oxygens (including phenoxy) is 1. The second-order valence-electron chi connectivity index (χ2n) is 6.26. The van der Waals surface area contributed by atoms with E-state index in [1.807, 2.05) is 69.3 Å². The molecular weight excluding hydrogens is 372 g/mol. The standard InChI is InChI=1S/C22H28N2O3S/c1-4-10-21(25)23-16-11-9-12-17(15-16)28-20(5-2)22(26)24-18-13-7-8-14-19(18)27-6-3/h7-9,11-15,20H,4-6,10H2,1-3H3,(H,23,25)(H,24,26). The minimum Gasteiger partial charge on any atom is -0.492 e. The van der Waals surface area contributed by atoms with Crippen LogP contribution in [0, 0.1) is 0 Å². The van der Waals surface area contributed by atoms with Gasteiger partial charge in [0.2, 0.25) is 11.8 Å². The van der Waals surface area contributed by atoms with Gasteiger partial charge in [-0.3, -0.25) is 9.59 Å². The molecule has 0 radical (unpaired) electrons. The molecule has 1 unspecified atom stereocenters. The molecule has 2 N–H and O–H groups in total. The molecule has 0 spiro atoms. The Hall–Kier alpha value is -2.47. The Kier molecular flexibility index (Phi) is 8.88. The quantitative estimate of drug-likeness (QED) is 0.529. The molecule has 150 valence electrons. The molecule has 28 heavy (non-hydrogen) atoms. The molecule has 0 aromatic heterocycles. The van der Waals surface area contributed by atoms with Gasteiger partial charge < -0.3 is 15.4 Å². The Bertz CT molecular complexity index is 795. The number of anilines is 2. The van der Waals surface area contributed by atoms with Crippen LogP contribution >= 0.6 is 11.8 Å². The lowest BCUT2D eigenvalue weighted by Gasteiger charge is -2.17. The summed E-state index contributed by atoms with van der Waals surface area (Å²) in [5.74, 6) is 0.598. The van der Waals surface area contributed by atoms with Gasteiger partial charge in [0.25, 0.3) is 0 Å². The van der Waals surface area contributed by atoms with Gasteiger partial charge in [0.15, 0.2) is 0 Å². The molecule has 0 heterocycles. The van der Waals surface area contributed by atoms with Crippen molar-refractivity contribution in [1.82, 2.24) is 0 Å². The average Bonchev–Trinajstić information content (AvgIpc) is 2.68. The third-order valence-corrected chi connectivity index (χ3v) is 5.34. The molecule has 5 nitrogen and oxygen atoms in total. The van der Waals surface area contributed by atoms with Crippen LogP contribution in [0.25, 0.3) is 0 Å². The number of thioether (sulfide) groups is 1. The first kappa shape index (κ1) is 21.8. The summed E-state index contributed by atoms with van der Waals surface area (Å²) in [6, 6.07) is 15.0. The van der Waals surface area contributed by atoms with Gasteiger partial charge in [-0.15, -0.1) is 11.8 Å². The van der Waals surface area contributed by atoms with Crippen molar-refractivity contribution in [2.45, 2.75) is 50.2 Å². The number of carbonyl (C=O) groups is 2. The van der Waals surface area contributed by atoms with Crippen molar-refractivity contribution in [1.29, 1.82) is 0 Å². The minimum atomic E-state index is -0.253. The Balaban J connectivity index is 2.05. The molecule has 2 aromatic rings. The highest BCUT2D eigenvalue weighted by Gasteiger charge is 2.19. The lowest BCUT2D eigenvalue weighted by Crippen LogP contribution is -2.24. The zero-order valence-corrected chi connectivity index (χ0v) is 17.5. The van der Waals surface area contributed by atoms with Gasteiger partial charge >= 0.3 is 0 Å². The van der Waals surface area contributed by atoms with Crippen molar-refractivity contribution in [3.63, 3.8) is 0 Å². The van der Waals surface area contributed by atoms with Crippen molar-refractivity contribution >= 4 is 35.0 Å². The Morgan fingerprint density at radius 2 is 1.82 bits per heavy atom. The van der Waals surface area contributed by atoms with E-state index < -0.39 is 0 Å². The van der Waals surface area contributed by atoms with Crippen LogP contribution in [-0.4, -0.2) is 23.7 Å². The van der Waals surface area contributed by atoms with E-state index in [0.29, 0.717) is 30.9 Å². The van der Waals surface area contributed by atoms with E-state index in [4.69, 9.17) is 4.74 Å². The van der Waals surface area contributed by atoms with Gasteiger partial charge in [0.05, 0.1) is 17.5 Å². The molecular formula is C22H28N2O3S. The van der Waals surface area contributed by atoms with Gasteiger partial charge in [0.1, 0.15) is 5.75 Å². The van der Waals surface area contributed by atoms with Gasteiger partial charge in [-0.25, -0.2) is 0 Å². The van der Waals surface area contributed by atoms with Gasteiger partial charge in [-0.05, 0) is 50.1 Å². The molecule has 0 saturated carbocycles. The molecule has 2 rings (SSSR count). The zero-order chi connectivity index (χ0) is 20.4. The molecule has 0 aliphatic rings. The Labute approximate surface area is 171 Å². The minimum absolute atomic E-state index is 0.00182. The summed E-state index contributed by atoms with van der Waals surface area (Å²) in [6.07, 6.45) is 1.98. The van der Waals surface area contributed by atoms with Crippen LogP contribution in [0.15, 0.2) is 53.4 Å². The maximum atomic E-state index is 12.8. The van der Waals surface area contributed by atoms with Crippen LogP contribution in [-0.2, 0) is 9.59 Å². The molecule has 2 amide bonds. The summed E-state index contributed by atoms with van der Waals surface area (Å²) in [7, 11) is 0. The van der Waals surface area contributed by atoms with Crippen molar-refractivity contribution in [3.05, 3.63) is 48.5 Å². The average molecular weight is 401 g/mol. The maximum absolute atomic E-state index is 12.8. The van der Waals surface area contributed by atoms with Crippen molar-refractivity contribution in [3.8, 4) is 5.75 Å². The van der Waals surface area contributed by atoms with E-state index >= 15 is 0 Å². The predicted octanol–water partition coefficient (Wildman–Crippen LogP) is 5.33. The summed E-state index contributed by atoms with van der Waals surface area (Å²) in [5, 5.41) is 5.62. The first-order chi connectivity index (χ1) is 13.6. The fourth-order valence-electron chi connectivity index (χ4n) is 2.65. The van der Waals surface area contributed by atoms with E-state index in [0.717, 1.165) is 17.0 Å². The molecule has 0 aliphatic carbocycles. The second kappa shape index (κ2) is 11.4. The fraction of sp³-hybridized carbons (Fsp3) is 0.364. The van der Waals surface area contributed by atoms with Gasteiger partial charge in [0, 0.05) is 17.0 Å². The number of benzene rings is 2. The van der Waals surface area contributed by atoms with Crippen molar-refractivity contribution in [2.24, 2.45) is 0 Å². The zero-order valence-electron chi connectivity index (χ0n) is 16.7. The summed E-state index contributed by atoms with van der Waals surface area (Å²) in [4.78, 5) is 25.5. The highest BCUT2D eigenvalue weighted by Crippen LogP contribution is 2.30. The highest BCUT2D eigenvalue weighted by molar-refractivity contribution is 8.00. The first-order valence-electron chi connectivity index (χ1n) is 9.66. The van der Waals surface area contributed by atoms with E-state index in [2.05, 4.69) is 10.6 Å². The predicted molar refractivity (Wildman–Crippen MR) is 116 cm³/mol. The van der Waals surface area contributed by atoms with E-state index in [-0.39, 0.29) is 17.1 Å². The molecule has 2 aromatic carbocycles. The van der Waals surface area contributed by atoms with Crippen LogP contribution in [0.5, 0.6) is 5.75 Å². The summed E-state index contributed by atoms with van der Waals surface area (Å²) in [5.41, 5.74) is 1.43. The Morgan fingerprint density at radius 3 is 2.54 bits per heavy atom. The molecule has 0 fully saturated rings. The third kappa shape index (κ3) is 6.60. The maximum Gasteiger partial charge on any atom is 0.237 e. The number of para-hydroxylation sites is 2. The van der Waals surface area contributed by atoms with Crippen molar-refractivity contribution in [2.75, 3.05) is 17.2 Å². The van der Waals surface area contributed by atoms with E-state index in [9.17, 15) is 9.59 Å². The number of hydrogen-bond donors (Lipinski definition) is 2. The van der Waals surface area contributed by atoms with Crippen LogP contribution in [0.4, 0.5) is 11.4 Å². The molecule has 0 bridgehead atoms. The third-order valence-electron chi connectivity index (χ3n) is 3.98. The number of hydrogen-bond acceptors (Lipinski definition) is 4. The van der Waals surface area contributed by atoms with Crippen LogP contribution < -0.4 is 15.4 Å². The monoisotopic (exact) mass is 400 g/mol. The largest absolute Gasteiger partial charge is 0.492 e. The molecule has 0 saturated heterocycles. The number of carbonyl (C=O) groups excluding carboxylic acids is 2. The number of nitrogens with one attached hydrogen (secondary N) is 2.